The molecule has 0 spiro atoms. The Morgan fingerprint density at radius 1 is 1.50 bits per heavy atom. The molecule has 0 aromatic heterocycles. The van der Waals surface area contributed by atoms with Gasteiger partial charge in [0.2, 0.25) is 0 Å². The number of urea groups is 1. The molecule has 0 radical (unpaired) electrons. The van der Waals surface area contributed by atoms with Gasteiger partial charge in [0.05, 0.1) is 4.99 Å². The molecular weight excluding hydrogens is 198 g/mol. The van der Waals surface area contributed by atoms with Gasteiger partial charge in [0.1, 0.15) is 0 Å². The Morgan fingerprint density at radius 2 is 2.21 bits per heavy atom. The zero-order valence-corrected chi connectivity index (χ0v) is 9.03. The van der Waals surface area contributed by atoms with E-state index < -0.39 is 0 Å². The Balaban J connectivity index is 1.94. The molecule has 0 unspecified atom stereocenters. The Morgan fingerprint density at radius 3 is 2.71 bits per heavy atom. The number of hydrogen-bond acceptors (Lipinski definition) is 2. The van der Waals surface area contributed by atoms with Gasteiger partial charge < -0.3 is 16.4 Å². The smallest absolute Gasteiger partial charge is 0.315 e. The van der Waals surface area contributed by atoms with Crippen molar-refractivity contribution < 1.29 is 4.79 Å². The largest absolute Gasteiger partial charge is 0.393 e. The maximum absolute atomic E-state index is 11.2. The number of thiocarbonyl (C=S) groups is 1. The molecule has 0 atom stereocenters. The Hall–Kier alpha value is -0.840. The molecule has 1 aliphatic carbocycles. The Labute approximate surface area is 89.6 Å². The van der Waals surface area contributed by atoms with Crippen LogP contribution in [-0.4, -0.2) is 23.6 Å². The van der Waals surface area contributed by atoms with Gasteiger partial charge in [0, 0.05) is 12.6 Å². The minimum Gasteiger partial charge on any atom is -0.393 e. The van der Waals surface area contributed by atoms with Crippen LogP contribution < -0.4 is 16.4 Å². The summed E-state index contributed by atoms with van der Waals surface area (Å²) in [4.78, 5) is 11.7. The summed E-state index contributed by atoms with van der Waals surface area (Å²) in [6, 6.07) is 0.322. The second kappa shape index (κ2) is 5.80. The molecule has 1 aliphatic rings. The second-order valence-electron chi connectivity index (χ2n) is 3.60. The van der Waals surface area contributed by atoms with Crippen LogP contribution in [0.15, 0.2) is 0 Å². The predicted molar refractivity (Wildman–Crippen MR) is 60.2 cm³/mol. The van der Waals surface area contributed by atoms with Crippen molar-refractivity contribution in [2.24, 2.45) is 5.73 Å². The molecule has 80 valence electrons. The molecule has 0 aromatic carbocycles. The first-order chi connectivity index (χ1) is 6.68. The number of amides is 2. The fourth-order valence-corrected chi connectivity index (χ4v) is 1.40. The number of rotatable bonds is 5. The van der Waals surface area contributed by atoms with Crippen molar-refractivity contribution in [3.63, 3.8) is 0 Å². The van der Waals surface area contributed by atoms with Gasteiger partial charge >= 0.3 is 6.03 Å². The van der Waals surface area contributed by atoms with Crippen LogP contribution in [0, 0.1) is 0 Å². The molecule has 1 rings (SSSR count). The topological polar surface area (TPSA) is 67.1 Å². The highest BCUT2D eigenvalue weighted by Gasteiger charge is 2.18. The number of nitrogens with one attached hydrogen (secondary N) is 2. The molecular formula is C9H17N3OS. The molecule has 1 fully saturated rings. The van der Waals surface area contributed by atoms with Crippen molar-refractivity contribution in [2.75, 3.05) is 6.54 Å². The fraction of sp³-hybridized carbons (Fsp3) is 0.778. The SMILES string of the molecule is NC(=S)CCCNC(=O)NC1CCC1. The highest BCUT2D eigenvalue weighted by molar-refractivity contribution is 7.80. The maximum atomic E-state index is 11.2. The van der Waals surface area contributed by atoms with Crippen LogP contribution in [-0.2, 0) is 0 Å². The van der Waals surface area contributed by atoms with Crippen molar-refractivity contribution in [2.45, 2.75) is 38.1 Å². The average molecular weight is 215 g/mol. The summed E-state index contributed by atoms with van der Waals surface area (Å²) in [7, 11) is 0. The minimum absolute atomic E-state index is 0.0716. The molecule has 0 saturated heterocycles. The predicted octanol–water partition coefficient (Wildman–Crippen LogP) is 0.904. The van der Waals surface area contributed by atoms with E-state index in [9.17, 15) is 4.79 Å². The van der Waals surface area contributed by atoms with Crippen LogP contribution in [0.4, 0.5) is 4.79 Å². The van der Waals surface area contributed by atoms with E-state index in [1.165, 1.54) is 6.42 Å². The highest BCUT2D eigenvalue weighted by Crippen LogP contribution is 2.17. The van der Waals surface area contributed by atoms with Crippen LogP contribution in [0.1, 0.15) is 32.1 Å². The first-order valence-electron chi connectivity index (χ1n) is 5.01. The van der Waals surface area contributed by atoms with Gasteiger partial charge in [-0.05, 0) is 32.1 Å². The minimum atomic E-state index is -0.0716. The maximum Gasteiger partial charge on any atom is 0.315 e. The lowest BCUT2D eigenvalue weighted by molar-refractivity contribution is 0.228. The average Bonchev–Trinajstić information content (AvgIpc) is 2.05. The molecule has 0 heterocycles. The number of nitrogens with two attached hydrogens (primary N) is 1. The first-order valence-corrected chi connectivity index (χ1v) is 5.42. The monoisotopic (exact) mass is 215 g/mol. The van der Waals surface area contributed by atoms with Crippen LogP contribution in [0.3, 0.4) is 0 Å². The fourth-order valence-electron chi connectivity index (χ4n) is 1.25. The van der Waals surface area contributed by atoms with E-state index >= 15 is 0 Å². The Bertz CT molecular complexity index is 216. The third-order valence-corrected chi connectivity index (χ3v) is 2.53. The molecule has 1 saturated carbocycles. The summed E-state index contributed by atoms with van der Waals surface area (Å²) in [6.45, 7) is 0.635. The van der Waals surface area contributed by atoms with Crippen molar-refractivity contribution >= 4 is 23.2 Å². The van der Waals surface area contributed by atoms with Crippen molar-refractivity contribution in [1.29, 1.82) is 0 Å². The van der Waals surface area contributed by atoms with Gasteiger partial charge in [-0.15, -0.1) is 0 Å². The lowest BCUT2D eigenvalue weighted by Crippen LogP contribution is -2.45. The molecule has 2 amide bonds. The first kappa shape index (κ1) is 11.2. The van der Waals surface area contributed by atoms with E-state index in [-0.39, 0.29) is 6.03 Å². The van der Waals surface area contributed by atoms with Gasteiger partial charge in [0.25, 0.3) is 0 Å². The van der Waals surface area contributed by atoms with Crippen LogP contribution >= 0.6 is 12.2 Å². The molecule has 0 bridgehead atoms. The molecule has 0 aromatic rings. The number of hydrogen-bond donors (Lipinski definition) is 3. The number of carbonyl (C=O) groups is 1. The summed E-state index contributed by atoms with van der Waals surface area (Å²) in [5.41, 5.74) is 5.32. The van der Waals surface area contributed by atoms with Crippen LogP contribution in [0.25, 0.3) is 0 Å². The molecule has 5 heteroatoms. The van der Waals surface area contributed by atoms with Crippen LogP contribution in [0.5, 0.6) is 0 Å². The molecule has 4 N–H and O–H groups in total. The Kier molecular flexibility index (Phi) is 4.65. The van der Waals surface area contributed by atoms with E-state index in [0.717, 1.165) is 19.3 Å². The van der Waals surface area contributed by atoms with Crippen molar-refractivity contribution in [1.82, 2.24) is 10.6 Å². The normalized spacial score (nSPS) is 15.7. The van der Waals surface area contributed by atoms with E-state index in [4.69, 9.17) is 18.0 Å². The van der Waals surface area contributed by atoms with E-state index in [1.807, 2.05) is 0 Å². The summed E-state index contributed by atoms with van der Waals surface area (Å²) in [5, 5.41) is 5.66. The summed E-state index contributed by atoms with van der Waals surface area (Å²) < 4.78 is 0. The third-order valence-electron chi connectivity index (χ3n) is 2.33. The van der Waals surface area contributed by atoms with Crippen molar-refractivity contribution in [3.8, 4) is 0 Å². The van der Waals surface area contributed by atoms with E-state index in [1.54, 1.807) is 0 Å². The van der Waals surface area contributed by atoms with Crippen LogP contribution in [0.2, 0.25) is 0 Å². The molecule has 0 aliphatic heterocycles. The second-order valence-corrected chi connectivity index (χ2v) is 4.12. The quantitative estimate of drug-likeness (QED) is 0.471. The molecule has 4 nitrogen and oxygen atoms in total. The van der Waals surface area contributed by atoms with Gasteiger partial charge in [0.15, 0.2) is 0 Å². The van der Waals surface area contributed by atoms with Gasteiger partial charge in [-0.25, -0.2) is 4.79 Å². The molecule has 14 heavy (non-hydrogen) atoms. The van der Waals surface area contributed by atoms with Gasteiger partial charge in [-0.1, -0.05) is 12.2 Å². The van der Waals surface area contributed by atoms with E-state index in [0.29, 0.717) is 24.0 Å². The van der Waals surface area contributed by atoms with Crippen molar-refractivity contribution in [3.05, 3.63) is 0 Å². The zero-order valence-electron chi connectivity index (χ0n) is 8.21. The summed E-state index contributed by atoms with van der Waals surface area (Å²) in [6.07, 6.45) is 4.96. The third kappa shape index (κ3) is 4.41. The van der Waals surface area contributed by atoms with Gasteiger partial charge in [-0.2, -0.15) is 0 Å². The lowest BCUT2D eigenvalue weighted by atomic mass is 9.93. The lowest BCUT2D eigenvalue weighted by Gasteiger charge is -2.26. The highest BCUT2D eigenvalue weighted by atomic mass is 32.1. The zero-order chi connectivity index (χ0) is 10.4. The van der Waals surface area contributed by atoms with E-state index in [2.05, 4.69) is 10.6 Å². The summed E-state index contributed by atoms with van der Waals surface area (Å²) in [5.74, 6) is 0. The standard InChI is InChI=1S/C9H17N3OS/c10-8(14)5-2-6-11-9(13)12-7-3-1-4-7/h7H,1-6H2,(H2,10,14)(H2,11,12,13). The number of carbonyl (C=O) groups excluding carboxylic acids is 1. The summed E-state index contributed by atoms with van der Waals surface area (Å²) >= 11 is 4.72. The van der Waals surface area contributed by atoms with Gasteiger partial charge in [-0.3, -0.25) is 0 Å².